The molecule has 0 aromatic heterocycles. The Hall–Kier alpha value is -2.79. The van der Waals surface area contributed by atoms with Gasteiger partial charge in [-0.2, -0.15) is 0 Å². The Morgan fingerprint density at radius 2 is 2.18 bits per heavy atom. The Bertz CT molecular complexity index is 934. The van der Waals surface area contributed by atoms with Crippen molar-refractivity contribution in [2.24, 2.45) is 5.92 Å². The minimum Gasteiger partial charge on any atom is -0.507 e. The van der Waals surface area contributed by atoms with Gasteiger partial charge in [-0.25, -0.2) is 0 Å². The summed E-state index contributed by atoms with van der Waals surface area (Å²) in [5, 5.41) is 10.4. The third-order valence-corrected chi connectivity index (χ3v) is 5.43. The van der Waals surface area contributed by atoms with Gasteiger partial charge in [-0.3, -0.25) is 9.69 Å². The Morgan fingerprint density at radius 1 is 1.32 bits per heavy atom. The van der Waals surface area contributed by atoms with E-state index >= 15 is 0 Å². The van der Waals surface area contributed by atoms with E-state index in [0.717, 1.165) is 30.8 Å². The monoisotopic (exact) mass is 379 g/mol. The van der Waals surface area contributed by atoms with E-state index in [2.05, 4.69) is 11.8 Å². The summed E-state index contributed by atoms with van der Waals surface area (Å²) < 4.78 is 11.2. The molecule has 0 amide bonds. The standard InChI is InChI=1S/C23H25NO4/c1-15-5-4-10-24(13-15)14-19-20(25)9-8-18-22(26)21(28-23(18)19)12-16-6-3-7-17(11-16)27-2/h3,6-9,11-12,15,25H,4-5,10,13-14H2,1-2H3. The van der Waals surface area contributed by atoms with Gasteiger partial charge in [-0.15, -0.1) is 0 Å². The molecule has 2 aliphatic rings. The van der Waals surface area contributed by atoms with Crippen LogP contribution in [0.5, 0.6) is 17.2 Å². The molecule has 2 aromatic carbocycles. The summed E-state index contributed by atoms with van der Waals surface area (Å²) in [5.41, 5.74) is 2.02. The van der Waals surface area contributed by atoms with Crippen LogP contribution in [0.25, 0.3) is 6.08 Å². The van der Waals surface area contributed by atoms with Gasteiger partial charge in [0.2, 0.25) is 5.78 Å². The predicted molar refractivity (Wildman–Crippen MR) is 108 cm³/mol. The van der Waals surface area contributed by atoms with Crippen LogP contribution in [0, 0.1) is 5.92 Å². The molecule has 0 aliphatic carbocycles. The van der Waals surface area contributed by atoms with E-state index in [1.807, 2.05) is 24.3 Å². The van der Waals surface area contributed by atoms with E-state index in [1.54, 1.807) is 25.3 Å². The van der Waals surface area contributed by atoms with Crippen LogP contribution in [0.15, 0.2) is 42.2 Å². The summed E-state index contributed by atoms with van der Waals surface area (Å²) >= 11 is 0. The molecule has 1 N–H and O–H groups in total. The average molecular weight is 379 g/mol. The van der Waals surface area contributed by atoms with Crippen LogP contribution in [0.3, 0.4) is 0 Å². The fourth-order valence-electron chi connectivity index (χ4n) is 3.99. The van der Waals surface area contributed by atoms with E-state index < -0.39 is 0 Å². The zero-order chi connectivity index (χ0) is 19.7. The Labute approximate surface area is 165 Å². The third kappa shape index (κ3) is 3.62. The maximum atomic E-state index is 12.8. The Morgan fingerprint density at radius 3 is 2.96 bits per heavy atom. The lowest BCUT2D eigenvalue weighted by atomic mass is 9.99. The number of piperidine rings is 1. The zero-order valence-corrected chi connectivity index (χ0v) is 16.3. The van der Waals surface area contributed by atoms with Crippen molar-refractivity contribution in [1.82, 2.24) is 4.90 Å². The molecule has 1 fully saturated rings. The quantitative estimate of drug-likeness (QED) is 0.805. The second kappa shape index (κ2) is 7.68. The SMILES string of the molecule is COc1cccc(C=C2Oc3c(ccc(O)c3CN3CCCC(C)C3)C2=O)c1. The summed E-state index contributed by atoms with van der Waals surface area (Å²) in [6.45, 7) is 4.81. The number of hydrogen-bond acceptors (Lipinski definition) is 5. The van der Waals surface area contributed by atoms with Crippen molar-refractivity contribution in [3.63, 3.8) is 0 Å². The Kier molecular flexibility index (Phi) is 5.09. The van der Waals surface area contributed by atoms with Gasteiger partial charge in [0.1, 0.15) is 17.2 Å². The molecule has 0 bridgehead atoms. The molecule has 1 saturated heterocycles. The van der Waals surface area contributed by atoms with Crippen LogP contribution in [-0.4, -0.2) is 36.0 Å². The molecular weight excluding hydrogens is 354 g/mol. The number of carbonyl (C=O) groups excluding carboxylic acids is 1. The summed E-state index contributed by atoms with van der Waals surface area (Å²) in [5.74, 6) is 2.12. The highest BCUT2D eigenvalue weighted by molar-refractivity contribution is 6.15. The van der Waals surface area contributed by atoms with E-state index in [1.165, 1.54) is 6.42 Å². The van der Waals surface area contributed by atoms with Gasteiger partial charge in [0.25, 0.3) is 0 Å². The van der Waals surface area contributed by atoms with Crippen LogP contribution >= 0.6 is 0 Å². The number of hydrogen-bond donors (Lipinski definition) is 1. The first-order chi connectivity index (χ1) is 13.5. The lowest BCUT2D eigenvalue weighted by Crippen LogP contribution is -2.33. The normalized spacial score (nSPS) is 20.9. The lowest BCUT2D eigenvalue weighted by molar-refractivity contribution is 0.101. The molecule has 1 unspecified atom stereocenters. The Balaban J connectivity index is 1.63. The molecule has 28 heavy (non-hydrogen) atoms. The van der Waals surface area contributed by atoms with Crippen molar-refractivity contribution >= 4 is 11.9 Å². The predicted octanol–water partition coefficient (Wildman–Crippen LogP) is 4.25. The van der Waals surface area contributed by atoms with Gasteiger partial charge in [-0.1, -0.05) is 19.1 Å². The number of allylic oxidation sites excluding steroid dienone is 1. The van der Waals surface area contributed by atoms with Gasteiger partial charge in [0.15, 0.2) is 5.76 Å². The summed E-state index contributed by atoms with van der Waals surface area (Å²) in [6.07, 6.45) is 4.10. The van der Waals surface area contributed by atoms with Crippen molar-refractivity contribution < 1.29 is 19.4 Å². The average Bonchev–Trinajstić information content (AvgIpc) is 3.00. The molecule has 146 valence electrons. The van der Waals surface area contributed by atoms with Gasteiger partial charge in [0.05, 0.1) is 18.2 Å². The largest absolute Gasteiger partial charge is 0.507 e. The molecular formula is C23H25NO4. The number of fused-ring (bicyclic) bond motifs is 1. The smallest absolute Gasteiger partial charge is 0.231 e. The minimum absolute atomic E-state index is 0.161. The van der Waals surface area contributed by atoms with E-state index in [0.29, 0.717) is 29.3 Å². The molecule has 2 heterocycles. The number of phenolic OH excluding ortho intramolecular Hbond substituents is 1. The summed E-state index contributed by atoms with van der Waals surface area (Å²) in [4.78, 5) is 15.2. The van der Waals surface area contributed by atoms with E-state index in [-0.39, 0.29) is 17.3 Å². The number of methoxy groups -OCH3 is 1. The molecule has 0 radical (unpaired) electrons. The van der Waals surface area contributed by atoms with Gasteiger partial charge >= 0.3 is 0 Å². The van der Waals surface area contributed by atoms with E-state index in [4.69, 9.17) is 9.47 Å². The van der Waals surface area contributed by atoms with Crippen molar-refractivity contribution in [2.45, 2.75) is 26.3 Å². The van der Waals surface area contributed by atoms with Crippen LogP contribution < -0.4 is 9.47 Å². The molecule has 2 aromatic rings. The molecule has 0 spiro atoms. The number of aromatic hydroxyl groups is 1. The second-order valence-electron chi connectivity index (χ2n) is 7.64. The maximum Gasteiger partial charge on any atom is 0.231 e. The van der Waals surface area contributed by atoms with Crippen LogP contribution in [0.4, 0.5) is 0 Å². The highest BCUT2D eigenvalue weighted by Crippen LogP contribution is 2.40. The molecule has 0 saturated carbocycles. The van der Waals surface area contributed by atoms with Crippen LogP contribution in [0.2, 0.25) is 0 Å². The first kappa shape index (κ1) is 18.6. The zero-order valence-electron chi connectivity index (χ0n) is 16.3. The van der Waals surface area contributed by atoms with Crippen molar-refractivity contribution in [2.75, 3.05) is 20.2 Å². The highest BCUT2D eigenvalue weighted by Gasteiger charge is 2.32. The molecule has 2 aliphatic heterocycles. The fraction of sp³-hybridized carbons (Fsp3) is 0.348. The molecule has 1 atom stereocenters. The number of phenols is 1. The molecule has 4 rings (SSSR count). The van der Waals surface area contributed by atoms with Gasteiger partial charge in [0, 0.05) is 13.1 Å². The minimum atomic E-state index is -0.161. The van der Waals surface area contributed by atoms with Crippen LogP contribution in [0.1, 0.15) is 41.3 Å². The number of ether oxygens (including phenoxy) is 2. The number of likely N-dealkylation sites (tertiary alicyclic amines) is 1. The van der Waals surface area contributed by atoms with Crippen molar-refractivity contribution in [3.05, 3.63) is 58.8 Å². The number of carbonyl (C=O) groups is 1. The number of rotatable bonds is 4. The molecule has 5 nitrogen and oxygen atoms in total. The van der Waals surface area contributed by atoms with Gasteiger partial charge < -0.3 is 14.6 Å². The maximum absolute atomic E-state index is 12.8. The van der Waals surface area contributed by atoms with E-state index in [9.17, 15) is 9.90 Å². The van der Waals surface area contributed by atoms with Crippen molar-refractivity contribution in [1.29, 1.82) is 0 Å². The second-order valence-corrected chi connectivity index (χ2v) is 7.64. The topological polar surface area (TPSA) is 59.0 Å². The number of Topliss-reactive ketones (excluding diaryl/α,β-unsaturated/α-hetero) is 1. The van der Waals surface area contributed by atoms with Crippen LogP contribution in [-0.2, 0) is 6.54 Å². The summed E-state index contributed by atoms with van der Waals surface area (Å²) in [6, 6.07) is 10.7. The number of benzene rings is 2. The number of nitrogens with zero attached hydrogens (tertiary/aromatic N) is 1. The first-order valence-electron chi connectivity index (χ1n) is 9.70. The first-order valence-corrected chi connectivity index (χ1v) is 9.70. The van der Waals surface area contributed by atoms with Gasteiger partial charge in [-0.05, 0) is 61.2 Å². The summed E-state index contributed by atoms with van der Waals surface area (Å²) in [7, 11) is 1.61. The fourth-order valence-corrected chi connectivity index (χ4v) is 3.99. The van der Waals surface area contributed by atoms with Crippen molar-refractivity contribution in [3.8, 4) is 17.2 Å². The third-order valence-electron chi connectivity index (χ3n) is 5.43. The molecule has 5 heteroatoms. The highest BCUT2D eigenvalue weighted by atomic mass is 16.5. The number of ketones is 1. The lowest BCUT2D eigenvalue weighted by Gasteiger charge is -2.31.